The summed E-state index contributed by atoms with van der Waals surface area (Å²) in [7, 11) is 0. The second kappa shape index (κ2) is 44.4. The third-order valence-corrected chi connectivity index (χ3v) is 12.0. The van der Waals surface area contributed by atoms with Gasteiger partial charge in [0.2, 0.25) is 0 Å². The van der Waals surface area contributed by atoms with E-state index in [-0.39, 0.29) is 50.3 Å². The minimum atomic E-state index is -0.385. The highest BCUT2D eigenvalue weighted by molar-refractivity contribution is 5.70. The van der Waals surface area contributed by atoms with Crippen molar-refractivity contribution in [1.29, 1.82) is 0 Å². The van der Waals surface area contributed by atoms with Gasteiger partial charge in [-0.3, -0.25) is 19.3 Å². The van der Waals surface area contributed by atoms with Crippen LogP contribution in [0.15, 0.2) is 24.3 Å². The number of ether oxygens (including phenoxy) is 3. The Labute approximate surface area is 375 Å². The lowest BCUT2D eigenvalue weighted by molar-refractivity contribution is -0.153. The standard InChI is InChI=1S/C52H96N2O7/c1-3-5-7-9-11-13-15-17-19-21-23-25-27-29-32-36-50(56)59-46-49(48-61-52(58)38-34-31-35-39-53-40-42-54(43-41-53)44-45-55)47-60-51(57)37-33-30-28-26-24-22-20-18-16-14-12-10-8-6-4-2/h17-20,49,55H,3-16,21-48H2,1-2H3/b19-17-,20-18-. The minimum absolute atomic E-state index is 0.0678. The number of hydrogen-bond acceptors (Lipinski definition) is 9. The van der Waals surface area contributed by atoms with Gasteiger partial charge in [-0.1, -0.05) is 147 Å². The molecule has 1 heterocycles. The first-order valence-corrected chi connectivity index (χ1v) is 25.8. The number of nitrogens with zero attached hydrogens (tertiary/aromatic N) is 2. The van der Waals surface area contributed by atoms with Crippen LogP contribution < -0.4 is 0 Å². The summed E-state index contributed by atoms with van der Waals surface area (Å²) >= 11 is 0. The molecule has 0 radical (unpaired) electrons. The Hall–Kier alpha value is -2.23. The molecule has 0 aliphatic carbocycles. The van der Waals surface area contributed by atoms with E-state index in [4.69, 9.17) is 19.3 Å². The van der Waals surface area contributed by atoms with Crippen LogP contribution in [-0.2, 0) is 28.6 Å². The molecule has 1 fully saturated rings. The average Bonchev–Trinajstić information content (AvgIpc) is 3.26. The Balaban J connectivity index is 2.29. The first-order valence-electron chi connectivity index (χ1n) is 25.8. The first-order chi connectivity index (χ1) is 30.0. The van der Waals surface area contributed by atoms with Gasteiger partial charge >= 0.3 is 17.9 Å². The fourth-order valence-electron chi connectivity index (χ4n) is 7.83. The maximum atomic E-state index is 12.6. The number of aliphatic hydroxyl groups is 1. The Morgan fingerprint density at radius 1 is 0.426 bits per heavy atom. The lowest BCUT2D eigenvalue weighted by Gasteiger charge is -2.34. The van der Waals surface area contributed by atoms with Crippen molar-refractivity contribution >= 4 is 17.9 Å². The normalized spacial score (nSPS) is 13.8. The van der Waals surface area contributed by atoms with Crippen LogP contribution in [0, 0.1) is 5.92 Å². The monoisotopic (exact) mass is 861 g/mol. The number of rotatable bonds is 44. The van der Waals surface area contributed by atoms with E-state index in [0.717, 1.165) is 110 Å². The van der Waals surface area contributed by atoms with E-state index < -0.39 is 0 Å². The SMILES string of the molecule is CCCCCCCC/C=C\CCCCCCCC(=O)OCC(COC(=O)CCCCCCC/C=C\CCCCCCCC)COC(=O)CCCCCN1CCN(CCO)CC1. The number of carbonyl (C=O) groups excluding carboxylic acids is 3. The van der Waals surface area contributed by atoms with Gasteiger partial charge in [0, 0.05) is 52.0 Å². The van der Waals surface area contributed by atoms with E-state index in [9.17, 15) is 14.4 Å². The van der Waals surface area contributed by atoms with Crippen LogP contribution in [0.4, 0.5) is 0 Å². The third kappa shape index (κ3) is 39.1. The smallest absolute Gasteiger partial charge is 0.305 e. The molecule has 61 heavy (non-hydrogen) atoms. The summed E-state index contributed by atoms with van der Waals surface area (Å²) in [4.78, 5) is 42.6. The average molecular weight is 861 g/mol. The van der Waals surface area contributed by atoms with Gasteiger partial charge in [-0.2, -0.15) is 0 Å². The Morgan fingerprint density at radius 3 is 1.07 bits per heavy atom. The number of esters is 3. The van der Waals surface area contributed by atoms with Gasteiger partial charge in [-0.15, -0.1) is 0 Å². The second-order valence-electron chi connectivity index (χ2n) is 17.8. The van der Waals surface area contributed by atoms with Crippen molar-refractivity contribution in [3.8, 4) is 0 Å². The summed E-state index contributed by atoms with van der Waals surface area (Å²) in [6.45, 7) is 10.7. The molecule has 0 unspecified atom stereocenters. The van der Waals surface area contributed by atoms with E-state index in [2.05, 4.69) is 48.0 Å². The summed E-state index contributed by atoms with van der Waals surface area (Å²) in [6, 6.07) is 0. The van der Waals surface area contributed by atoms with Crippen molar-refractivity contribution in [2.45, 2.75) is 219 Å². The van der Waals surface area contributed by atoms with Crippen LogP contribution in [-0.4, -0.2) is 98.5 Å². The zero-order valence-electron chi connectivity index (χ0n) is 39.9. The van der Waals surface area contributed by atoms with E-state index in [1.165, 1.54) is 116 Å². The number of β-amino-alcohol motifs (C(OH)–C–C–N with tert-alkyl or cyclic N) is 1. The summed E-state index contributed by atoms with van der Waals surface area (Å²) < 4.78 is 16.8. The summed E-state index contributed by atoms with van der Waals surface area (Å²) in [5.41, 5.74) is 0. The molecule has 0 aromatic rings. The fraction of sp³-hybridized carbons (Fsp3) is 0.865. The predicted octanol–water partition coefficient (Wildman–Crippen LogP) is 12.5. The zero-order valence-corrected chi connectivity index (χ0v) is 39.9. The van der Waals surface area contributed by atoms with E-state index in [0.29, 0.717) is 19.3 Å². The molecule has 1 saturated heterocycles. The van der Waals surface area contributed by atoms with Gasteiger partial charge in [-0.25, -0.2) is 0 Å². The third-order valence-electron chi connectivity index (χ3n) is 12.0. The number of aliphatic hydroxyl groups excluding tert-OH is 1. The maximum Gasteiger partial charge on any atom is 0.305 e. The molecule has 1 rings (SSSR count). The molecule has 0 aromatic carbocycles. The molecular weight excluding hydrogens is 765 g/mol. The van der Waals surface area contributed by atoms with Gasteiger partial charge in [-0.05, 0) is 83.6 Å². The van der Waals surface area contributed by atoms with Crippen molar-refractivity contribution in [3.63, 3.8) is 0 Å². The van der Waals surface area contributed by atoms with Crippen LogP contribution >= 0.6 is 0 Å². The van der Waals surface area contributed by atoms with Gasteiger partial charge in [0.25, 0.3) is 0 Å². The van der Waals surface area contributed by atoms with Crippen LogP contribution in [0.5, 0.6) is 0 Å². The minimum Gasteiger partial charge on any atom is -0.465 e. The van der Waals surface area contributed by atoms with Gasteiger partial charge in [0.15, 0.2) is 0 Å². The molecule has 356 valence electrons. The highest BCUT2D eigenvalue weighted by Gasteiger charge is 2.19. The van der Waals surface area contributed by atoms with Gasteiger partial charge in [0.1, 0.15) is 19.8 Å². The lowest BCUT2D eigenvalue weighted by Crippen LogP contribution is -2.47. The lowest BCUT2D eigenvalue weighted by atomic mass is 10.1. The molecule has 0 amide bonds. The highest BCUT2D eigenvalue weighted by Crippen LogP contribution is 2.14. The largest absolute Gasteiger partial charge is 0.465 e. The quantitative estimate of drug-likeness (QED) is 0.0277. The van der Waals surface area contributed by atoms with Crippen molar-refractivity contribution in [1.82, 2.24) is 9.80 Å². The number of hydrogen-bond donors (Lipinski definition) is 1. The second-order valence-corrected chi connectivity index (χ2v) is 17.8. The Morgan fingerprint density at radius 2 is 0.721 bits per heavy atom. The number of carbonyl (C=O) groups is 3. The number of piperazine rings is 1. The van der Waals surface area contributed by atoms with E-state index in [1.54, 1.807) is 0 Å². The van der Waals surface area contributed by atoms with E-state index >= 15 is 0 Å². The molecular formula is C52H96N2O7. The molecule has 0 aromatic heterocycles. The van der Waals surface area contributed by atoms with Crippen LogP contribution in [0.1, 0.15) is 219 Å². The summed E-state index contributed by atoms with van der Waals surface area (Å²) in [5, 5.41) is 9.15. The highest BCUT2D eigenvalue weighted by atomic mass is 16.6. The predicted molar refractivity (Wildman–Crippen MR) is 254 cm³/mol. The Bertz CT molecular complexity index is 1000. The molecule has 0 saturated carbocycles. The fourth-order valence-corrected chi connectivity index (χ4v) is 7.83. The molecule has 0 spiro atoms. The van der Waals surface area contributed by atoms with E-state index in [1.807, 2.05) is 0 Å². The van der Waals surface area contributed by atoms with Crippen LogP contribution in [0.25, 0.3) is 0 Å². The topological polar surface area (TPSA) is 106 Å². The number of allylic oxidation sites excluding steroid dienone is 4. The zero-order chi connectivity index (χ0) is 44.1. The van der Waals surface area contributed by atoms with Crippen LogP contribution in [0.3, 0.4) is 0 Å². The molecule has 9 nitrogen and oxygen atoms in total. The summed E-state index contributed by atoms with van der Waals surface area (Å²) in [6.07, 6.45) is 44.6. The maximum absolute atomic E-state index is 12.6. The molecule has 9 heteroatoms. The molecule has 1 aliphatic heterocycles. The van der Waals surface area contributed by atoms with Crippen molar-refractivity contribution in [2.75, 3.05) is 65.7 Å². The first kappa shape index (κ1) is 56.8. The van der Waals surface area contributed by atoms with Crippen LogP contribution in [0.2, 0.25) is 0 Å². The molecule has 1 aliphatic rings. The van der Waals surface area contributed by atoms with Gasteiger partial charge < -0.3 is 24.2 Å². The number of unbranched alkanes of at least 4 members (excludes halogenated alkanes) is 24. The summed E-state index contributed by atoms with van der Waals surface area (Å²) in [5.74, 6) is -1.14. The van der Waals surface area contributed by atoms with Crippen molar-refractivity contribution < 1.29 is 33.7 Å². The van der Waals surface area contributed by atoms with Crippen molar-refractivity contribution in [3.05, 3.63) is 24.3 Å². The molecule has 0 atom stereocenters. The Kier molecular flexibility index (Phi) is 41.3. The molecule has 0 bridgehead atoms. The molecule has 1 N–H and O–H groups in total. The van der Waals surface area contributed by atoms with Crippen molar-refractivity contribution in [2.24, 2.45) is 5.92 Å². The van der Waals surface area contributed by atoms with Gasteiger partial charge in [0.05, 0.1) is 12.5 Å².